The maximum Gasteiger partial charge on any atom is 0.250 e. The molecule has 0 spiro atoms. The van der Waals surface area contributed by atoms with E-state index in [4.69, 9.17) is 11.0 Å². The van der Waals surface area contributed by atoms with Gasteiger partial charge in [0, 0.05) is 5.33 Å². The standard InChI is InChI=1S/C9H7BrN2O/c10-4-6-1-2-8(9(12)13)7(3-6)5-11/h1-3H,4H2,(H2,12,13). The topological polar surface area (TPSA) is 66.9 Å². The summed E-state index contributed by atoms with van der Waals surface area (Å²) in [5, 5.41) is 9.37. The summed E-state index contributed by atoms with van der Waals surface area (Å²) in [4.78, 5) is 10.8. The first-order valence-corrected chi connectivity index (χ1v) is 4.70. The van der Waals surface area contributed by atoms with E-state index in [-0.39, 0.29) is 5.56 Å². The molecule has 2 N–H and O–H groups in total. The molecule has 0 unspecified atom stereocenters. The number of hydrogen-bond donors (Lipinski definition) is 1. The molecule has 1 rings (SSSR count). The number of alkyl halides is 1. The van der Waals surface area contributed by atoms with Gasteiger partial charge in [0.05, 0.1) is 17.2 Å². The number of halogens is 1. The van der Waals surface area contributed by atoms with E-state index in [0.717, 1.165) is 5.56 Å². The van der Waals surface area contributed by atoms with Gasteiger partial charge in [-0.05, 0) is 17.7 Å². The van der Waals surface area contributed by atoms with Crippen LogP contribution < -0.4 is 5.73 Å². The molecule has 0 saturated heterocycles. The number of nitrogens with zero attached hydrogens (tertiary/aromatic N) is 1. The first-order chi connectivity index (χ1) is 6.19. The summed E-state index contributed by atoms with van der Waals surface area (Å²) in [7, 11) is 0. The summed E-state index contributed by atoms with van der Waals surface area (Å²) >= 11 is 3.26. The average Bonchev–Trinajstić information content (AvgIpc) is 2.16. The summed E-state index contributed by atoms with van der Waals surface area (Å²) in [6, 6.07) is 6.90. The van der Waals surface area contributed by atoms with Crippen LogP contribution in [0.1, 0.15) is 21.5 Å². The minimum absolute atomic E-state index is 0.271. The third-order valence-corrected chi connectivity index (χ3v) is 2.27. The van der Waals surface area contributed by atoms with Crippen molar-refractivity contribution in [3.63, 3.8) is 0 Å². The van der Waals surface area contributed by atoms with Crippen molar-refractivity contribution in [3.05, 3.63) is 34.9 Å². The predicted octanol–water partition coefficient (Wildman–Crippen LogP) is 1.55. The predicted molar refractivity (Wildman–Crippen MR) is 52.3 cm³/mol. The monoisotopic (exact) mass is 238 g/mol. The Kier molecular flexibility index (Phi) is 3.04. The molecule has 0 aliphatic heterocycles. The summed E-state index contributed by atoms with van der Waals surface area (Å²) in [5.74, 6) is -0.572. The third kappa shape index (κ3) is 2.07. The van der Waals surface area contributed by atoms with E-state index >= 15 is 0 Å². The minimum Gasteiger partial charge on any atom is -0.366 e. The molecule has 0 heterocycles. The van der Waals surface area contributed by atoms with Crippen molar-refractivity contribution in [2.45, 2.75) is 5.33 Å². The second-order valence-electron chi connectivity index (χ2n) is 2.49. The Bertz CT molecular complexity index is 382. The van der Waals surface area contributed by atoms with Crippen molar-refractivity contribution in [2.24, 2.45) is 5.73 Å². The Balaban J connectivity index is 3.26. The first kappa shape index (κ1) is 9.75. The summed E-state index contributed by atoms with van der Waals surface area (Å²) < 4.78 is 0. The van der Waals surface area contributed by atoms with Gasteiger partial charge >= 0.3 is 0 Å². The number of carbonyl (C=O) groups excluding carboxylic acids is 1. The number of hydrogen-bond acceptors (Lipinski definition) is 2. The van der Waals surface area contributed by atoms with Gasteiger partial charge in [0.15, 0.2) is 0 Å². The van der Waals surface area contributed by atoms with Crippen LogP contribution in [-0.2, 0) is 5.33 Å². The molecule has 4 heteroatoms. The van der Waals surface area contributed by atoms with E-state index in [9.17, 15) is 4.79 Å². The molecule has 1 aromatic carbocycles. The lowest BCUT2D eigenvalue weighted by molar-refractivity contribution is 0.1000. The maximum absolute atomic E-state index is 10.8. The van der Waals surface area contributed by atoms with Crippen molar-refractivity contribution in [1.82, 2.24) is 0 Å². The Hall–Kier alpha value is -1.34. The molecule has 0 saturated carbocycles. The van der Waals surface area contributed by atoms with Crippen LogP contribution in [0.4, 0.5) is 0 Å². The molecule has 1 amide bonds. The van der Waals surface area contributed by atoms with Crippen molar-refractivity contribution in [1.29, 1.82) is 5.26 Å². The Morgan fingerprint density at radius 2 is 2.31 bits per heavy atom. The van der Waals surface area contributed by atoms with Crippen molar-refractivity contribution >= 4 is 21.8 Å². The van der Waals surface area contributed by atoms with Crippen LogP contribution >= 0.6 is 15.9 Å². The number of rotatable bonds is 2. The summed E-state index contributed by atoms with van der Waals surface area (Å²) in [6.07, 6.45) is 0. The van der Waals surface area contributed by atoms with Crippen LogP contribution in [0.5, 0.6) is 0 Å². The van der Waals surface area contributed by atoms with E-state index in [0.29, 0.717) is 10.9 Å². The highest BCUT2D eigenvalue weighted by molar-refractivity contribution is 9.08. The molecule has 0 fully saturated rings. The number of primary amides is 1. The van der Waals surface area contributed by atoms with Gasteiger partial charge in [-0.1, -0.05) is 22.0 Å². The molecule has 1 aromatic rings. The van der Waals surface area contributed by atoms with Crippen LogP contribution in [0.2, 0.25) is 0 Å². The summed E-state index contributed by atoms with van der Waals surface area (Å²) in [5.41, 5.74) is 6.62. The largest absolute Gasteiger partial charge is 0.366 e. The van der Waals surface area contributed by atoms with Gasteiger partial charge in [-0.2, -0.15) is 5.26 Å². The van der Waals surface area contributed by atoms with Gasteiger partial charge in [-0.15, -0.1) is 0 Å². The number of carbonyl (C=O) groups is 1. The summed E-state index contributed by atoms with van der Waals surface area (Å²) in [6.45, 7) is 0. The fourth-order valence-corrected chi connectivity index (χ4v) is 1.33. The second-order valence-corrected chi connectivity index (χ2v) is 3.05. The molecule has 66 valence electrons. The van der Waals surface area contributed by atoms with Crippen molar-refractivity contribution in [3.8, 4) is 6.07 Å². The Morgan fingerprint density at radius 1 is 1.62 bits per heavy atom. The molecular weight excluding hydrogens is 232 g/mol. The maximum atomic E-state index is 10.8. The highest BCUT2D eigenvalue weighted by Gasteiger charge is 2.07. The molecular formula is C9H7BrN2O. The number of nitrogens with two attached hydrogens (primary N) is 1. The smallest absolute Gasteiger partial charge is 0.250 e. The number of nitriles is 1. The van der Waals surface area contributed by atoms with Gasteiger partial charge in [0.1, 0.15) is 0 Å². The molecule has 0 aromatic heterocycles. The number of benzene rings is 1. The Morgan fingerprint density at radius 3 is 2.77 bits per heavy atom. The van der Waals surface area contributed by atoms with Crippen molar-refractivity contribution < 1.29 is 4.79 Å². The third-order valence-electron chi connectivity index (χ3n) is 1.62. The van der Waals surface area contributed by atoms with Crippen molar-refractivity contribution in [2.75, 3.05) is 0 Å². The van der Waals surface area contributed by atoms with Gasteiger partial charge in [0.25, 0.3) is 0 Å². The molecule has 0 bridgehead atoms. The average molecular weight is 239 g/mol. The zero-order valence-corrected chi connectivity index (χ0v) is 8.34. The van der Waals surface area contributed by atoms with Crippen LogP contribution in [0.15, 0.2) is 18.2 Å². The van der Waals surface area contributed by atoms with Gasteiger partial charge in [-0.25, -0.2) is 0 Å². The normalized spacial score (nSPS) is 9.23. The molecule has 13 heavy (non-hydrogen) atoms. The first-order valence-electron chi connectivity index (χ1n) is 3.58. The molecule has 0 aliphatic rings. The van der Waals surface area contributed by atoms with Crippen LogP contribution in [0, 0.1) is 11.3 Å². The van der Waals surface area contributed by atoms with Crippen LogP contribution in [0.25, 0.3) is 0 Å². The lowest BCUT2D eigenvalue weighted by Crippen LogP contribution is -2.12. The fourth-order valence-electron chi connectivity index (χ4n) is 0.982. The van der Waals surface area contributed by atoms with Crippen LogP contribution in [-0.4, -0.2) is 5.91 Å². The van der Waals surface area contributed by atoms with Crippen LogP contribution in [0.3, 0.4) is 0 Å². The zero-order chi connectivity index (χ0) is 9.84. The van der Waals surface area contributed by atoms with Gasteiger partial charge < -0.3 is 5.73 Å². The molecule has 3 nitrogen and oxygen atoms in total. The number of amides is 1. The Labute approximate surface area is 84.3 Å². The highest BCUT2D eigenvalue weighted by Crippen LogP contribution is 2.12. The van der Waals surface area contributed by atoms with Gasteiger partial charge in [-0.3, -0.25) is 4.79 Å². The van der Waals surface area contributed by atoms with E-state index in [2.05, 4.69) is 15.9 Å². The second kappa shape index (κ2) is 4.06. The van der Waals surface area contributed by atoms with Gasteiger partial charge in [0.2, 0.25) is 5.91 Å². The van der Waals surface area contributed by atoms with E-state index in [1.54, 1.807) is 18.2 Å². The zero-order valence-electron chi connectivity index (χ0n) is 6.75. The molecule has 0 radical (unpaired) electrons. The lowest BCUT2D eigenvalue weighted by Gasteiger charge is -2.00. The molecule has 0 aliphatic carbocycles. The lowest BCUT2D eigenvalue weighted by atomic mass is 10.1. The van der Waals surface area contributed by atoms with E-state index < -0.39 is 5.91 Å². The fraction of sp³-hybridized carbons (Fsp3) is 0.111. The van der Waals surface area contributed by atoms with E-state index in [1.807, 2.05) is 6.07 Å². The highest BCUT2D eigenvalue weighted by atomic mass is 79.9. The van der Waals surface area contributed by atoms with E-state index in [1.165, 1.54) is 0 Å². The molecule has 0 atom stereocenters. The minimum atomic E-state index is -0.572. The quantitative estimate of drug-likeness (QED) is 0.795. The SMILES string of the molecule is N#Cc1cc(CBr)ccc1C(N)=O.